The molecule has 1 aliphatic heterocycles. The Morgan fingerprint density at radius 1 is 1.17 bits per heavy atom. The molecule has 2 amide bonds. The highest BCUT2D eigenvalue weighted by Gasteiger charge is 2.23. The van der Waals surface area contributed by atoms with Crippen LogP contribution in [0.5, 0.6) is 5.75 Å². The summed E-state index contributed by atoms with van der Waals surface area (Å²) in [5.41, 5.74) is 0.765. The van der Waals surface area contributed by atoms with Crippen molar-refractivity contribution in [1.82, 2.24) is 9.80 Å². The third-order valence-electron chi connectivity index (χ3n) is 3.96. The molecule has 0 bridgehead atoms. The number of halogens is 1. The van der Waals surface area contributed by atoms with Gasteiger partial charge >= 0.3 is 6.09 Å². The van der Waals surface area contributed by atoms with Gasteiger partial charge in [-0.15, -0.1) is 0 Å². The van der Waals surface area contributed by atoms with Crippen molar-refractivity contribution < 1.29 is 19.1 Å². The van der Waals surface area contributed by atoms with E-state index in [4.69, 9.17) is 21.1 Å². The lowest BCUT2D eigenvalue weighted by molar-refractivity contribution is -0.130. The SMILES string of the molecule is CCOC(=O)N1CCCN(C(=O)Cc2cc(Cl)ccc2OC)CC1. The first-order valence-electron chi connectivity index (χ1n) is 8.07. The zero-order chi connectivity index (χ0) is 17.5. The molecule has 7 heteroatoms. The van der Waals surface area contributed by atoms with E-state index in [2.05, 4.69) is 0 Å². The highest BCUT2D eigenvalue weighted by molar-refractivity contribution is 6.30. The average molecular weight is 355 g/mol. The van der Waals surface area contributed by atoms with Gasteiger partial charge in [-0.1, -0.05) is 11.6 Å². The molecular weight excluding hydrogens is 332 g/mol. The molecule has 1 aromatic carbocycles. The Labute approximate surface area is 147 Å². The Morgan fingerprint density at radius 2 is 1.88 bits per heavy atom. The second-order valence-corrected chi connectivity index (χ2v) is 5.99. The van der Waals surface area contributed by atoms with E-state index in [-0.39, 0.29) is 18.4 Å². The third kappa shape index (κ3) is 4.77. The molecule has 0 aromatic heterocycles. The second kappa shape index (κ2) is 8.78. The van der Waals surface area contributed by atoms with Crippen LogP contribution in [0.2, 0.25) is 5.02 Å². The van der Waals surface area contributed by atoms with Gasteiger partial charge in [-0.2, -0.15) is 0 Å². The maximum absolute atomic E-state index is 12.6. The summed E-state index contributed by atoms with van der Waals surface area (Å²) in [4.78, 5) is 27.8. The minimum Gasteiger partial charge on any atom is -0.496 e. The normalized spacial score (nSPS) is 15.0. The van der Waals surface area contributed by atoms with Gasteiger partial charge in [0.2, 0.25) is 5.91 Å². The number of carbonyl (C=O) groups is 2. The lowest BCUT2D eigenvalue weighted by Crippen LogP contribution is -2.38. The van der Waals surface area contributed by atoms with E-state index in [0.29, 0.717) is 43.6 Å². The lowest BCUT2D eigenvalue weighted by atomic mass is 10.1. The molecule has 1 heterocycles. The van der Waals surface area contributed by atoms with E-state index in [1.54, 1.807) is 42.0 Å². The molecule has 0 atom stereocenters. The molecule has 2 rings (SSSR count). The number of benzene rings is 1. The number of nitrogens with zero attached hydrogens (tertiary/aromatic N) is 2. The van der Waals surface area contributed by atoms with Gasteiger partial charge in [0.1, 0.15) is 5.75 Å². The summed E-state index contributed by atoms with van der Waals surface area (Å²) in [5.74, 6) is 0.650. The summed E-state index contributed by atoms with van der Waals surface area (Å²) >= 11 is 6.01. The molecule has 0 N–H and O–H groups in total. The summed E-state index contributed by atoms with van der Waals surface area (Å²) in [6.07, 6.45) is 0.642. The van der Waals surface area contributed by atoms with Gasteiger partial charge in [-0.25, -0.2) is 4.79 Å². The quantitative estimate of drug-likeness (QED) is 0.833. The Hall–Kier alpha value is -1.95. The molecule has 0 unspecified atom stereocenters. The van der Waals surface area contributed by atoms with Crippen molar-refractivity contribution in [3.8, 4) is 5.75 Å². The van der Waals surface area contributed by atoms with Crippen molar-refractivity contribution >= 4 is 23.6 Å². The molecule has 1 fully saturated rings. The maximum atomic E-state index is 12.6. The predicted molar refractivity (Wildman–Crippen MR) is 91.5 cm³/mol. The summed E-state index contributed by atoms with van der Waals surface area (Å²) in [5, 5.41) is 0.572. The fourth-order valence-corrected chi connectivity index (χ4v) is 2.92. The van der Waals surface area contributed by atoms with Crippen molar-refractivity contribution in [2.75, 3.05) is 39.9 Å². The molecule has 0 saturated carbocycles. The number of carbonyl (C=O) groups excluding carboxylic acids is 2. The average Bonchev–Trinajstić information content (AvgIpc) is 2.81. The third-order valence-corrected chi connectivity index (χ3v) is 4.19. The largest absolute Gasteiger partial charge is 0.496 e. The van der Waals surface area contributed by atoms with Gasteiger partial charge in [0.15, 0.2) is 0 Å². The fourth-order valence-electron chi connectivity index (χ4n) is 2.72. The predicted octanol–water partition coefficient (Wildman–Crippen LogP) is 2.58. The molecule has 1 aliphatic rings. The monoisotopic (exact) mass is 354 g/mol. The highest BCUT2D eigenvalue weighted by Crippen LogP contribution is 2.23. The van der Waals surface area contributed by atoms with Crippen LogP contribution < -0.4 is 4.74 Å². The van der Waals surface area contributed by atoms with Crippen molar-refractivity contribution in [3.63, 3.8) is 0 Å². The highest BCUT2D eigenvalue weighted by atomic mass is 35.5. The van der Waals surface area contributed by atoms with E-state index >= 15 is 0 Å². The van der Waals surface area contributed by atoms with Gasteiger partial charge in [-0.3, -0.25) is 4.79 Å². The molecule has 1 saturated heterocycles. The van der Waals surface area contributed by atoms with Crippen molar-refractivity contribution in [3.05, 3.63) is 28.8 Å². The molecule has 0 aliphatic carbocycles. The number of hydrogen-bond donors (Lipinski definition) is 0. The van der Waals surface area contributed by atoms with Crippen LogP contribution in [0, 0.1) is 0 Å². The molecular formula is C17H23ClN2O4. The summed E-state index contributed by atoms with van der Waals surface area (Å²) in [6, 6.07) is 5.24. The van der Waals surface area contributed by atoms with E-state index in [0.717, 1.165) is 12.0 Å². The van der Waals surface area contributed by atoms with Crippen molar-refractivity contribution in [2.45, 2.75) is 19.8 Å². The number of methoxy groups -OCH3 is 1. The molecule has 0 spiro atoms. The van der Waals surface area contributed by atoms with Gasteiger partial charge in [-0.05, 0) is 31.5 Å². The first-order chi connectivity index (χ1) is 11.5. The Kier molecular flexibility index (Phi) is 6.73. The standard InChI is InChI=1S/C17H23ClN2O4/c1-3-24-17(22)20-8-4-7-19(9-10-20)16(21)12-13-11-14(18)5-6-15(13)23-2/h5-6,11H,3-4,7-10,12H2,1-2H3. The molecule has 1 aromatic rings. The number of amides is 2. The zero-order valence-electron chi connectivity index (χ0n) is 14.1. The Morgan fingerprint density at radius 3 is 2.58 bits per heavy atom. The second-order valence-electron chi connectivity index (χ2n) is 5.55. The summed E-state index contributed by atoms with van der Waals surface area (Å²) in [7, 11) is 1.57. The van der Waals surface area contributed by atoms with E-state index in [1.165, 1.54) is 0 Å². The smallest absolute Gasteiger partial charge is 0.409 e. The topological polar surface area (TPSA) is 59.1 Å². The number of hydrogen-bond acceptors (Lipinski definition) is 4. The van der Waals surface area contributed by atoms with Crippen LogP contribution in [0.15, 0.2) is 18.2 Å². The van der Waals surface area contributed by atoms with Crippen LogP contribution in [0.1, 0.15) is 18.9 Å². The Balaban J connectivity index is 1.98. The van der Waals surface area contributed by atoms with Crippen LogP contribution in [0.4, 0.5) is 4.79 Å². The van der Waals surface area contributed by atoms with Crippen LogP contribution in [0.3, 0.4) is 0 Å². The number of ether oxygens (including phenoxy) is 2. The Bertz CT molecular complexity index is 594. The lowest BCUT2D eigenvalue weighted by Gasteiger charge is -2.22. The minimum atomic E-state index is -0.316. The van der Waals surface area contributed by atoms with E-state index in [1.807, 2.05) is 0 Å². The molecule has 132 valence electrons. The van der Waals surface area contributed by atoms with Crippen molar-refractivity contribution in [1.29, 1.82) is 0 Å². The van der Waals surface area contributed by atoms with Gasteiger partial charge < -0.3 is 19.3 Å². The van der Waals surface area contributed by atoms with Crippen LogP contribution in [-0.2, 0) is 16.0 Å². The van der Waals surface area contributed by atoms with E-state index < -0.39 is 0 Å². The van der Waals surface area contributed by atoms with Gasteiger partial charge in [0.05, 0.1) is 20.1 Å². The minimum absolute atomic E-state index is 0.00118. The summed E-state index contributed by atoms with van der Waals surface area (Å²) in [6.45, 7) is 4.34. The summed E-state index contributed by atoms with van der Waals surface area (Å²) < 4.78 is 10.3. The van der Waals surface area contributed by atoms with Crippen LogP contribution in [-0.4, -0.2) is 61.7 Å². The number of rotatable bonds is 4. The fraction of sp³-hybridized carbons (Fsp3) is 0.529. The first-order valence-corrected chi connectivity index (χ1v) is 8.44. The first kappa shape index (κ1) is 18.4. The molecule has 0 radical (unpaired) electrons. The zero-order valence-corrected chi connectivity index (χ0v) is 14.8. The maximum Gasteiger partial charge on any atom is 0.409 e. The van der Waals surface area contributed by atoms with Crippen LogP contribution in [0.25, 0.3) is 0 Å². The van der Waals surface area contributed by atoms with Gasteiger partial charge in [0, 0.05) is 36.8 Å². The van der Waals surface area contributed by atoms with Crippen molar-refractivity contribution in [2.24, 2.45) is 0 Å². The van der Waals surface area contributed by atoms with E-state index in [9.17, 15) is 9.59 Å². The van der Waals surface area contributed by atoms with Crippen LogP contribution >= 0.6 is 11.6 Å². The molecule has 24 heavy (non-hydrogen) atoms. The molecule has 6 nitrogen and oxygen atoms in total. The van der Waals surface area contributed by atoms with Gasteiger partial charge in [0.25, 0.3) is 0 Å².